The Morgan fingerprint density at radius 2 is 1.77 bits per heavy atom. The highest BCUT2D eigenvalue weighted by molar-refractivity contribution is 6.07. The third-order valence-corrected chi connectivity index (χ3v) is 7.59. The van der Waals surface area contributed by atoms with Crippen LogP contribution in [0.2, 0.25) is 0 Å². The molecule has 3 heterocycles. The van der Waals surface area contributed by atoms with Gasteiger partial charge in [0.2, 0.25) is 0 Å². The molecule has 206 valence electrons. The van der Waals surface area contributed by atoms with Crippen LogP contribution in [0.15, 0.2) is 73.2 Å². The summed E-state index contributed by atoms with van der Waals surface area (Å²) in [6.07, 6.45) is 8.86. The predicted molar refractivity (Wildman–Crippen MR) is 153 cm³/mol. The maximum atomic E-state index is 13.3. The third-order valence-electron chi connectivity index (χ3n) is 7.59. The van der Waals surface area contributed by atoms with Gasteiger partial charge in [-0.05, 0) is 73.6 Å². The minimum absolute atomic E-state index is 0.0870. The summed E-state index contributed by atoms with van der Waals surface area (Å²) in [6.45, 7) is 1.14. The van der Waals surface area contributed by atoms with E-state index in [1.54, 1.807) is 30.7 Å². The summed E-state index contributed by atoms with van der Waals surface area (Å²) >= 11 is 0. The first-order valence-electron chi connectivity index (χ1n) is 13.7. The number of aryl methyl sites for hydroxylation is 1. The number of carboxylic acid groups (broad SMARTS) is 1. The van der Waals surface area contributed by atoms with E-state index in [-0.39, 0.29) is 18.4 Å². The molecule has 0 fully saturated rings. The molecular weight excluding hydrogens is 504 g/mol. The smallest absolute Gasteiger partial charge is 0.326 e. The van der Waals surface area contributed by atoms with E-state index in [1.807, 2.05) is 36.4 Å². The molecule has 40 heavy (non-hydrogen) atoms. The van der Waals surface area contributed by atoms with Crippen LogP contribution in [0.5, 0.6) is 0 Å². The van der Waals surface area contributed by atoms with Crippen molar-refractivity contribution in [3.05, 3.63) is 101 Å². The first-order valence-corrected chi connectivity index (χ1v) is 13.7. The number of rotatable bonds is 11. The Hall–Kier alpha value is -4.21. The molecular formula is C31H34N6O3. The summed E-state index contributed by atoms with van der Waals surface area (Å²) in [7, 11) is 0. The zero-order valence-electron chi connectivity index (χ0n) is 22.3. The van der Waals surface area contributed by atoms with Gasteiger partial charge >= 0.3 is 5.97 Å². The number of nitrogens with zero attached hydrogens (tertiary/aromatic N) is 3. The molecule has 0 aliphatic heterocycles. The van der Waals surface area contributed by atoms with Crippen molar-refractivity contribution in [3.8, 4) is 0 Å². The summed E-state index contributed by atoms with van der Waals surface area (Å²) in [5, 5.41) is 16.7. The van der Waals surface area contributed by atoms with Crippen molar-refractivity contribution in [2.24, 2.45) is 5.73 Å². The van der Waals surface area contributed by atoms with Crippen LogP contribution in [-0.2, 0) is 24.3 Å². The maximum Gasteiger partial charge on any atom is 0.326 e. The molecule has 5 rings (SSSR count). The second-order valence-electron chi connectivity index (χ2n) is 10.2. The highest BCUT2D eigenvalue weighted by Crippen LogP contribution is 2.33. The molecule has 3 aromatic heterocycles. The van der Waals surface area contributed by atoms with Gasteiger partial charge in [0.05, 0.1) is 11.2 Å². The number of pyridine rings is 3. The standard InChI is InChI=1S/C31H34N6O3/c32-26(25-9-3-6-20-7-4-16-35-28(20)25)13-14-27(31(39)40)37-30(38)24-12-11-21(29-23(24)10-5-17-36-29)18-33-19-22-8-1-2-15-34-22/h1-2,4-5,7-8,10-12,15-17,25-27,33H,3,6,9,13-14,18-19,32H2,(H,37,38)(H,39,40)/t25?,26?,27-/m0/s1. The lowest BCUT2D eigenvalue weighted by molar-refractivity contribution is -0.139. The van der Waals surface area contributed by atoms with Crippen molar-refractivity contribution in [1.82, 2.24) is 25.6 Å². The molecule has 0 bridgehead atoms. The van der Waals surface area contributed by atoms with E-state index in [0.717, 1.165) is 36.2 Å². The van der Waals surface area contributed by atoms with E-state index in [1.165, 1.54) is 5.56 Å². The molecule has 1 aliphatic rings. The van der Waals surface area contributed by atoms with Crippen molar-refractivity contribution < 1.29 is 14.7 Å². The molecule has 0 saturated carbocycles. The molecule has 4 aromatic rings. The van der Waals surface area contributed by atoms with Crippen LogP contribution in [0.1, 0.15) is 64.5 Å². The highest BCUT2D eigenvalue weighted by atomic mass is 16.4. The largest absolute Gasteiger partial charge is 0.480 e. The molecule has 0 radical (unpaired) electrons. The monoisotopic (exact) mass is 538 g/mol. The summed E-state index contributed by atoms with van der Waals surface area (Å²) in [5.41, 5.74) is 11.7. The molecule has 1 amide bonds. The van der Waals surface area contributed by atoms with E-state index >= 15 is 0 Å². The Balaban J connectivity index is 1.25. The Morgan fingerprint density at radius 1 is 0.950 bits per heavy atom. The van der Waals surface area contributed by atoms with Crippen LogP contribution in [0.3, 0.4) is 0 Å². The summed E-state index contributed by atoms with van der Waals surface area (Å²) < 4.78 is 0. The number of nitrogens with two attached hydrogens (primary N) is 1. The SMILES string of the molecule is NC(CC[C@H](NC(=O)c1ccc(CNCc2ccccn2)c2ncccc12)C(=O)O)C1CCCc2cccnc21. The number of carboxylic acids is 1. The normalized spacial score (nSPS) is 16.2. The number of aromatic nitrogens is 3. The van der Waals surface area contributed by atoms with Crippen molar-refractivity contribution in [3.63, 3.8) is 0 Å². The van der Waals surface area contributed by atoms with Crippen LogP contribution >= 0.6 is 0 Å². The van der Waals surface area contributed by atoms with Crippen LogP contribution in [-0.4, -0.2) is 44.0 Å². The van der Waals surface area contributed by atoms with Gasteiger partial charge in [-0.25, -0.2) is 4.79 Å². The average Bonchev–Trinajstić information content (AvgIpc) is 2.99. The predicted octanol–water partition coefficient (Wildman–Crippen LogP) is 3.73. The van der Waals surface area contributed by atoms with Crippen LogP contribution in [0.25, 0.3) is 10.9 Å². The average molecular weight is 539 g/mol. The molecule has 0 spiro atoms. The van der Waals surface area contributed by atoms with Gasteiger partial charge in [0.1, 0.15) is 6.04 Å². The first-order chi connectivity index (χ1) is 19.5. The Bertz CT molecular complexity index is 1480. The molecule has 2 unspecified atom stereocenters. The topological polar surface area (TPSA) is 143 Å². The van der Waals surface area contributed by atoms with Crippen molar-refractivity contribution in [1.29, 1.82) is 0 Å². The van der Waals surface area contributed by atoms with E-state index in [2.05, 4.69) is 31.7 Å². The van der Waals surface area contributed by atoms with Gasteiger partial charge in [-0.2, -0.15) is 0 Å². The summed E-state index contributed by atoms with van der Waals surface area (Å²) in [5.74, 6) is -1.44. The maximum absolute atomic E-state index is 13.3. The van der Waals surface area contributed by atoms with Gasteiger partial charge in [0, 0.05) is 60.3 Å². The lowest BCUT2D eigenvalue weighted by Gasteiger charge is -2.29. The number of aliphatic carboxylic acids is 1. The molecule has 5 N–H and O–H groups in total. The fourth-order valence-electron chi connectivity index (χ4n) is 5.52. The minimum atomic E-state index is -1.08. The van der Waals surface area contributed by atoms with E-state index in [9.17, 15) is 14.7 Å². The highest BCUT2D eigenvalue weighted by Gasteiger charge is 2.29. The molecule has 1 aromatic carbocycles. The first kappa shape index (κ1) is 27.4. The van der Waals surface area contributed by atoms with Gasteiger partial charge in [-0.3, -0.25) is 19.7 Å². The lowest BCUT2D eigenvalue weighted by atomic mass is 9.80. The van der Waals surface area contributed by atoms with Crippen LogP contribution in [0, 0.1) is 0 Å². The van der Waals surface area contributed by atoms with Gasteiger partial charge in [-0.15, -0.1) is 0 Å². The number of hydrogen-bond acceptors (Lipinski definition) is 7. The fraction of sp³-hybridized carbons (Fsp3) is 0.323. The molecule has 9 nitrogen and oxygen atoms in total. The fourth-order valence-corrected chi connectivity index (χ4v) is 5.52. The lowest BCUT2D eigenvalue weighted by Crippen LogP contribution is -2.42. The third kappa shape index (κ3) is 6.32. The van der Waals surface area contributed by atoms with E-state index in [4.69, 9.17) is 5.73 Å². The number of benzene rings is 1. The number of carbonyl (C=O) groups is 2. The molecule has 0 saturated heterocycles. The van der Waals surface area contributed by atoms with Crippen molar-refractivity contribution >= 4 is 22.8 Å². The molecule has 1 aliphatic carbocycles. The van der Waals surface area contributed by atoms with Crippen LogP contribution in [0.4, 0.5) is 0 Å². The Kier molecular flexibility index (Phi) is 8.73. The Labute approximate surface area is 233 Å². The number of carbonyl (C=O) groups excluding carboxylic acids is 1. The van der Waals surface area contributed by atoms with Gasteiger partial charge in [-0.1, -0.05) is 24.3 Å². The van der Waals surface area contributed by atoms with Gasteiger partial charge < -0.3 is 21.5 Å². The van der Waals surface area contributed by atoms with Crippen molar-refractivity contribution in [2.45, 2.75) is 63.2 Å². The van der Waals surface area contributed by atoms with Gasteiger partial charge in [0.25, 0.3) is 5.91 Å². The van der Waals surface area contributed by atoms with Crippen LogP contribution < -0.4 is 16.4 Å². The summed E-state index contributed by atoms with van der Waals surface area (Å²) in [6, 6.07) is 15.7. The number of hydrogen-bond donors (Lipinski definition) is 4. The van der Waals surface area contributed by atoms with Crippen molar-refractivity contribution in [2.75, 3.05) is 0 Å². The number of nitrogens with one attached hydrogen (secondary N) is 2. The van der Waals surface area contributed by atoms with E-state index < -0.39 is 17.9 Å². The summed E-state index contributed by atoms with van der Waals surface area (Å²) in [4.78, 5) is 38.8. The minimum Gasteiger partial charge on any atom is -0.480 e. The zero-order valence-corrected chi connectivity index (χ0v) is 22.3. The second-order valence-corrected chi connectivity index (χ2v) is 10.2. The number of amides is 1. The zero-order chi connectivity index (χ0) is 27.9. The Morgan fingerprint density at radius 3 is 2.60 bits per heavy atom. The second kappa shape index (κ2) is 12.8. The number of fused-ring (bicyclic) bond motifs is 2. The van der Waals surface area contributed by atoms with E-state index in [0.29, 0.717) is 36.0 Å². The van der Waals surface area contributed by atoms with Gasteiger partial charge in [0.15, 0.2) is 0 Å². The molecule has 9 heteroatoms. The quantitative estimate of drug-likeness (QED) is 0.226. The molecule has 3 atom stereocenters.